The van der Waals surface area contributed by atoms with Gasteiger partial charge in [0.15, 0.2) is 0 Å². The van der Waals surface area contributed by atoms with Crippen LogP contribution in [0.25, 0.3) is 0 Å². The first kappa shape index (κ1) is 23.7. The van der Waals surface area contributed by atoms with E-state index in [2.05, 4.69) is 0 Å². The van der Waals surface area contributed by atoms with Crippen LogP contribution in [-0.4, -0.2) is 82.2 Å². The average Bonchev–Trinajstić information content (AvgIpc) is 2.55. The minimum Gasteiger partial charge on any atom is -0.481 e. The topological polar surface area (TPSA) is 251 Å². The molecular weight excluding hydrogens is 370 g/mol. The quantitative estimate of drug-likeness (QED) is 0.157. The van der Waals surface area contributed by atoms with Crippen molar-refractivity contribution in [2.45, 2.75) is 31.0 Å². The van der Waals surface area contributed by atoms with Crippen LogP contribution < -0.4 is 27.4 Å². The monoisotopic (exact) mass is 391 g/mol. The molecule has 3 atom stereocenters. The molecule has 0 heterocycles. The predicted octanol–water partition coefficient (Wildman–Crippen LogP) is -5.17. The summed E-state index contributed by atoms with van der Waals surface area (Å²) < 4.78 is 0. The van der Waals surface area contributed by atoms with E-state index in [4.69, 9.17) is 26.8 Å². The van der Waals surface area contributed by atoms with Crippen LogP contribution in [0.5, 0.6) is 0 Å². The lowest BCUT2D eigenvalue weighted by Crippen LogP contribution is -2.55. The van der Waals surface area contributed by atoms with Crippen molar-refractivity contribution in [1.29, 1.82) is 0 Å². The molecule has 4 amide bonds. The van der Waals surface area contributed by atoms with Crippen LogP contribution >= 0.6 is 0 Å². The molecule has 0 radical (unpaired) electrons. The van der Waals surface area contributed by atoms with Gasteiger partial charge in [0.05, 0.1) is 32.0 Å². The van der Waals surface area contributed by atoms with E-state index in [1.807, 2.05) is 16.0 Å². The van der Waals surface area contributed by atoms with Crippen LogP contribution in [0.2, 0.25) is 0 Å². The summed E-state index contributed by atoms with van der Waals surface area (Å²) in [5, 5.41) is 32.4. The number of hydrogen-bond acceptors (Lipinski definition) is 8. The molecular formula is C13H21N5O9. The Labute approximate surface area is 152 Å². The van der Waals surface area contributed by atoms with Gasteiger partial charge in [-0.1, -0.05) is 0 Å². The van der Waals surface area contributed by atoms with E-state index in [-0.39, 0.29) is 0 Å². The Hall–Kier alpha value is -3.26. The smallest absolute Gasteiger partial charge is 0.326 e. The molecule has 0 spiro atoms. The van der Waals surface area contributed by atoms with E-state index < -0.39 is 79.7 Å². The molecule has 0 aromatic carbocycles. The lowest BCUT2D eigenvalue weighted by molar-refractivity contribution is -0.147. The normalized spacial score (nSPS) is 13.6. The minimum atomic E-state index is -1.70. The molecule has 0 bridgehead atoms. The summed E-state index contributed by atoms with van der Waals surface area (Å²) in [5.74, 6) is -6.85. The number of aliphatic hydroxyl groups is 1. The highest BCUT2D eigenvalue weighted by molar-refractivity contribution is 5.94. The molecule has 3 unspecified atom stereocenters. The molecule has 0 aliphatic rings. The fourth-order valence-electron chi connectivity index (χ4n) is 1.69. The lowest BCUT2D eigenvalue weighted by Gasteiger charge is -2.18. The molecule has 0 rings (SSSR count). The van der Waals surface area contributed by atoms with Crippen LogP contribution in [0.4, 0.5) is 0 Å². The number of carbonyl (C=O) groups is 6. The van der Waals surface area contributed by atoms with Gasteiger partial charge in [-0.25, -0.2) is 4.79 Å². The van der Waals surface area contributed by atoms with Crippen LogP contribution in [0.3, 0.4) is 0 Å². The Kier molecular flexibility index (Phi) is 10.0. The van der Waals surface area contributed by atoms with Crippen molar-refractivity contribution in [2.75, 3.05) is 13.2 Å². The van der Waals surface area contributed by atoms with E-state index >= 15 is 0 Å². The summed E-state index contributed by atoms with van der Waals surface area (Å²) in [7, 11) is 0. The lowest BCUT2D eigenvalue weighted by atomic mass is 10.2. The standard InChI is InChI=1S/C13H21N5O9/c14-5(1-8(15)20)11(24)18-7(4-19)12(25)16-3-9(21)17-6(13(26)27)2-10(22)23/h5-7,19H,1-4,14H2,(H2,15,20)(H,16,25)(H,17,21)(H,18,24)(H,22,23)(H,26,27). The maximum atomic E-state index is 11.8. The van der Waals surface area contributed by atoms with Crippen molar-refractivity contribution in [2.24, 2.45) is 11.5 Å². The van der Waals surface area contributed by atoms with Crippen molar-refractivity contribution >= 4 is 35.6 Å². The number of carboxylic acids is 2. The zero-order chi connectivity index (χ0) is 21.1. The summed E-state index contributed by atoms with van der Waals surface area (Å²) in [6.45, 7) is -1.61. The first-order valence-corrected chi connectivity index (χ1v) is 7.44. The van der Waals surface area contributed by atoms with Crippen LogP contribution in [0.15, 0.2) is 0 Å². The maximum Gasteiger partial charge on any atom is 0.326 e. The fraction of sp³-hybridized carbons (Fsp3) is 0.538. The van der Waals surface area contributed by atoms with E-state index in [1.165, 1.54) is 0 Å². The van der Waals surface area contributed by atoms with Crippen LogP contribution in [-0.2, 0) is 28.8 Å². The summed E-state index contributed by atoms with van der Waals surface area (Å²) in [4.78, 5) is 67.2. The maximum absolute atomic E-state index is 11.8. The van der Waals surface area contributed by atoms with Gasteiger partial charge in [0, 0.05) is 0 Å². The molecule has 10 N–H and O–H groups in total. The number of carbonyl (C=O) groups excluding carboxylic acids is 4. The minimum absolute atomic E-state index is 0.492. The van der Waals surface area contributed by atoms with Crippen LogP contribution in [0.1, 0.15) is 12.8 Å². The van der Waals surface area contributed by atoms with Crippen molar-refractivity contribution in [3.8, 4) is 0 Å². The van der Waals surface area contributed by atoms with Gasteiger partial charge < -0.3 is 42.7 Å². The molecule has 0 aromatic heterocycles. The predicted molar refractivity (Wildman–Crippen MR) is 85.6 cm³/mol. The number of carboxylic acid groups (broad SMARTS) is 2. The third-order valence-electron chi connectivity index (χ3n) is 3.01. The number of nitrogens with two attached hydrogens (primary N) is 2. The molecule has 152 valence electrons. The van der Waals surface area contributed by atoms with Gasteiger partial charge in [-0.3, -0.25) is 24.0 Å². The van der Waals surface area contributed by atoms with Gasteiger partial charge in [-0.2, -0.15) is 0 Å². The molecule has 0 fully saturated rings. The Balaban J connectivity index is 4.60. The largest absolute Gasteiger partial charge is 0.481 e. The van der Waals surface area contributed by atoms with Crippen molar-refractivity contribution < 1.29 is 44.1 Å². The molecule has 0 aliphatic carbocycles. The number of hydrogen-bond donors (Lipinski definition) is 8. The summed E-state index contributed by atoms with van der Waals surface area (Å²) >= 11 is 0. The van der Waals surface area contributed by atoms with E-state index in [9.17, 15) is 28.8 Å². The number of rotatable bonds is 12. The number of amides is 4. The molecule has 14 heteroatoms. The highest BCUT2D eigenvalue weighted by Crippen LogP contribution is 1.93. The van der Waals surface area contributed by atoms with Gasteiger partial charge in [-0.15, -0.1) is 0 Å². The van der Waals surface area contributed by atoms with Gasteiger partial charge in [0.2, 0.25) is 23.6 Å². The number of aliphatic carboxylic acids is 2. The van der Waals surface area contributed by atoms with Gasteiger partial charge in [0.1, 0.15) is 12.1 Å². The zero-order valence-electron chi connectivity index (χ0n) is 14.0. The first-order valence-electron chi connectivity index (χ1n) is 7.44. The molecule has 27 heavy (non-hydrogen) atoms. The number of nitrogens with one attached hydrogen (secondary N) is 3. The first-order chi connectivity index (χ1) is 12.5. The second kappa shape index (κ2) is 11.4. The number of aliphatic hydroxyl groups excluding tert-OH is 1. The summed E-state index contributed by atoms with van der Waals surface area (Å²) in [5.41, 5.74) is 10.2. The van der Waals surface area contributed by atoms with Crippen molar-refractivity contribution in [1.82, 2.24) is 16.0 Å². The van der Waals surface area contributed by atoms with E-state index in [1.54, 1.807) is 0 Å². The fourth-order valence-corrected chi connectivity index (χ4v) is 1.69. The third kappa shape index (κ3) is 9.71. The highest BCUT2D eigenvalue weighted by atomic mass is 16.4. The van der Waals surface area contributed by atoms with E-state index in [0.717, 1.165) is 0 Å². The Morgan fingerprint density at radius 1 is 0.889 bits per heavy atom. The van der Waals surface area contributed by atoms with Crippen LogP contribution in [0, 0.1) is 0 Å². The molecule has 0 saturated heterocycles. The second-order valence-electron chi connectivity index (χ2n) is 5.29. The zero-order valence-corrected chi connectivity index (χ0v) is 14.0. The Morgan fingerprint density at radius 2 is 1.48 bits per heavy atom. The molecule has 0 aromatic rings. The summed E-state index contributed by atoms with van der Waals surface area (Å²) in [6.07, 6.45) is -1.36. The van der Waals surface area contributed by atoms with E-state index in [0.29, 0.717) is 0 Å². The summed E-state index contributed by atoms with van der Waals surface area (Å²) in [6, 6.07) is -4.55. The van der Waals surface area contributed by atoms with Crippen molar-refractivity contribution in [3.63, 3.8) is 0 Å². The Bertz CT molecular complexity index is 609. The number of primary amides is 1. The second-order valence-corrected chi connectivity index (χ2v) is 5.29. The SMILES string of the molecule is NC(=O)CC(N)C(=O)NC(CO)C(=O)NCC(=O)NC(CC(=O)O)C(=O)O. The highest BCUT2D eigenvalue weighted by Gasteiger charge is 2.26. The van der Waals surface area contributed by atoms with Crippen molar-refractivity contribution in [3.05, 3.63) is 0 Å². The molecule has 0 saturated carbocycles. The van der Waals surface area contributed by atoms with Gasteiger partial charge in [0.25, 0.3) is 0 Å². The van der Waals surface area contributed by atoms with Gasteiger partial charge >= 0.3 is 11.9 Å². The molecule has 0 aliphatic heterocycles. The third-order valence-corrected chi connectivity index (χ3v) is 3.01. The molecule has 14 nitrogen and oxygen atoms in total. The average molecular weight is 391 g/mol. The van der Waals surface area contributed by atoms with Gasteiger partial charge in [-0.05, 0) is 0 Å². The Morgan fingerprint density at radius 3 is 1.93 bits per heavy atom.